The largest absolute Gasteiger partial charge is 0.504 e. The summed E-state index contributed by atoms with van der Waals surface area (Å²) in [5.41, 5.74) is 0.282. The molecule has 0 heterocycles. The lowest BCUT2D eigenvalue weighted by Gasteiger charge is -2.17. The molecule has 0 saturated heterocycles. The van der Waals surface area contributed by atoms with Crippen molar-refractivity contribution in [2.45, 2.75) is 51.7 Å². The second-order valence-corrected chi connectivity index (χ2v) is 5.66. The van der Waals surface area contributed by atoms with Crippen molar-refractivity contribution in [3.63, 3.8) is 0 Å². The molecule has 120 valence electrons. The van der Waals surface area contributed by atoms with Crippen LogP contribution < -0.4 is 5.32 Å². The smallest absolute Gasteiger partial charge is 0.342 e. The Kier molecular flexibility index (Phi) is 4.90. The Morgan fingerprint density at radius 3 is 2.50 bits per heavy atom. The first-order valence-corrected chi connectivity index (χ1v) is 7.43. The third-order valence-electron chi connectivity index (χ3n) is 3.93. The van der Waals surface area contributed by atoms with Crippen LogP contribution in [0.4, 0.5) is 0 Å². The van der Waals surface area contributed by atoms with E-state index in [4.69, 9.17) is 4.74 Å². The summed E-state index contributed by atoms with van der Waals surface area (Å²) in [4.78, 5) is 24.0. The summed E-state index contributed by atoms with van der Waals surface area (Å²) in [6.45, 7) is 3.08. The molecule has 0 bridgehead atoms. The summed E-state index contributed by atoms with van der Waals surface area (Å²) >= 11 is 0. The van der Waals surface area contributed by atoms with Crippen LogP contribution in [0.5, 0.6) is 11.5 Å². The molecule has 1 aromatic carbocycles. The van der Waals surface area contributed by atoms with E-state index in [1.54, 1.807) is 6.92 Å². The van der Waals surface area contributed by atoms with E-state index >= 15 is 0 Å². The lowest BCUT2D eigenvalue weighted by molar-refractivity contribution is -0.129. The van der Waals surface area contributed by atoms with Gasteiger partial charge in [-0.3, -0.25) is 4.79 Å². The second-order valence-electron chi connectivity index (χ2n) is 5.66. The van der Waals surface area contributed by atoms with Crippen molar-refractivity contribution in [3.8, 4) is 11.5 Å². The summed E-state index contributed by atoms with van der Waals surface area (Å²) < 4.78 is 5.06. The van der Waals surface area contributed by atoms with Crippen molar-refractivity contribution >= 4 is 11.9 Å². The van der Waals surface area contributed by atoms with Gasteiger partial charge >= 0.3 is 5.97 Å². The molecule has 3 N–H and O–H groups in total. The average molecular weight is 307 g/mol. The van der Waals surface area contributed by atoms with E-state index in [-0.39, 0.29) is 23.3 Å². The molecule has 6 nitrogen and oxygen atoms in total. The number of esters is 1. The predicted octanol–water partition coefficient (Wildman–Crippen LogP) is 2.01. The van der Waals surface area contributed by atoms with Crippen LogP contribution in [0.3, 0.4) is 0 Å². The molecule has 1 aliphatic rings. The number of phenolic OH excluding ortho intramolecular Hbond substituents is 2. The molecule has 1 aromatic rings. The van der Waals surface area contributed by atoms with Gasteiger partial charge in [0.25, 0.3) is 5.91 Å². The summed E-state index contributed by atoms with van der Waals surface area (Å²) in [5, 5.41) is 22.3. The number of hydrogen-bond acceptors (Lipinski definition) is 5. The number of rotatable bonds is 4. The highest BCUT2D eigenvalue weighted by molar-refractivity contribution is 5.95. The number of amides is 1. The molecule has 1 amide bonds. The van der Waals surface area contributed by atoms with Crippen LogP contribution >= 0.6 is 0 Å². The average Bonchev–Trinajstić information content (AvgIpc) is 2.97. The standard InChI is InChI=1S/C16H21NO5/c1-9-7-8-12(14(19)13(9)18)16(21)22-10(2)15(20)17-11-5-3-4-6-11/h7-8,10-11,18-19H,3-6H2,1-2H3,(H,17,20)/t10-/m1/s1. The van der Waals surface area contributed by atoms with Crippen molar-refractivity contribution in [1.82, 2.24) is 5.32 Å². The van der Waals surface area contributed by atoms with Crippen molar-refractivity contribution in [1.29, 1.82) is 0 Å². The number of carbonyl (C=O) groups is 2. The van der Waals surface area contributed by atoms with Crippen LogP contribution in [-0.4, -0.2) is 34.2 Å². The fraction of sp³-hybridized carbons (Fsp3) is 0.500. The number of ether oxygens (including phenoxy) is 1. The molecule has 1 aliphatic carbocycles. The van der Waals surface area contributed by atoms with E-state index in [1.165, 1.54) is 19.1 Å². The van der Waals surface area contributed by atoms with Crippen molar-refractivity contribution in [3.05, 3.63) is 23.3 Å². The minimum atomic E-state index is -0.962. The first-order chi connectivity index (χ1) is 10.4. The zero-order valence-electron chi connectivity index (χ0n) is 12.8. The monoisotopic (exact) mass is 307 g/mol. The molecule has 0 spiro atoms. The summed E-state index contributed by atoms with van der Waals surface area (Å²) in [5.74, 6) is -2.09. The number of aromatic hydroxyl groups is 2. The van der Waals surface area contributed by atoms with Crippen molar-refractivity contribution in [2.24, 2.45) is 0 Å². The fourth-order valence-electron chi connectivity index (χ4n) is 2.51. The van der Waals surface area contributed by atoms with Gasteiger partial charge in [-0.25, -0.2) is 4.79 Å². The van der Waals surface area contributed by atoms with Crippen LogP contribution in [0.1, 0.15) is 48.5 Å². The molecule has 1 fully saturated rings. The van der Waals surface area contributed by atoms with Gasteiger partial charge in [0.15, 0.2) is 17.6 Å². The molecular formula is C16H21NO5. The van der Waals surface area contributed by atoms with Crippen molar-refractivity contribution < 1.29 is 24.5 Å². The van der Waals surface area contributed by atoms with Gasteiger partial charge < -0.3 is 20.3 Å². The minimum absolute atomic E-state index is 0.144. The molecule has 2 rings (SSSR count). The highest BCUT2D eigenvalue weighted by Crippen LogP contribution is 2.32. The molecule has 6 heteroatoms. The maximum absolute atomic E-state index is 12.0. The van der Waals surface area contributed by atoms with Crippen LogP contribution in [0.25, 0.3) is 0 Å². The number of phenols is 2. The van der Waals surface area contributed by atoms with Crippen LogP contribution in [-0.2, 0) is 9.53 Å². The summed E-state index contributed by atoms with van der Waals surface area (Å²) in [7, 11) is 0. The van der Waals surface area contributed by atoms with E-state index in [0.29, 0.717) is 5.56 Å². The predicted molar refractivity (Wildman–Crippen MR) is 79.8 cm³/mol. The Labute approximate surface area is 129 Å². The van der Waals surface area contributed by atoms with Crippen LogP contribution in [0.2, 0.25) is 0 Å². The van der Waals surface area contributed by atoms with Crippen LogP contribution in [0.15, 0.2) is 12.1 Å². The van der Waals surface area contributed by atoms with Gasteiger partial charge in [-0.15, -0.1) is 0 Å². The Morgan fingerprint density at radius 2 is 1.86 bits per heavy atom. The van der Waals surface area contributed by atoms with Gasteiger partial charge in [0.1, 0.15) is 5.56 Å². The summed E-state index contributed by atoms with van der Waals surface area (Å²) in [6, 6.07) is 2.99. The molecule has 0 radical (unpaired) electrons. The zero-order chi connectivity index (χ0) is 16.3. The van der Waals surface area contributed by atoms with Gasteiger partial charge in [-0.1, -0.05) is 18.9 Å². The van der Waals surface area contributed by atoms with E-state index in [0.717, 1.165) is 25.7 Å². The number of nitrogens with one attached hydrogen (secondary N) is 1. The Morgan fingerprint density at radius 1 is 1.23 bits per heavy atom. The number of hydrogen-bond donors (Lipinski definition) is 3. The fourth-order valence-corrected chi connectivity index (χ4v) is 2.51. The van der Waals surface area contributed by atoms with Gasteiger partial charge in [-0.2, -0.15) is 0 Å². The quantitative estimate of drug-likeness (QED) is 0.584. The van der Waals surface area contributed by atoms with Gasteiger partial charge in [-0.05, 0) is 38.3 Å². The third kappa shape index (κ3) is 3.50. The Balaban J connectivity index is 1.98. The minimum Gasteiger partial charge on any atom is -0.504 e. The Hall–Kier alpha value is -2.24. The van der Waals surface area contributed by atoms with E-state index in [2.05, 4.69) is 5.32 Å². The maximum Gasteiger partial charge on any atom is 0.342 e. The molecule has 0 aliphatic heterocycles. The Bertz CT molecular complexity index is 578. The van der Waals surface area contributed by atoms with Gasteiger partial charge in [0.05, 0.1) is 0 Å². The maximum atomic E-state index is 12.0. The molecule has 22 heavy (non-hydrogen) atoms. The van der Waals surface area contributed by atoms with E-state index in [9.17, 15) is 19.8 Å². The first kappa shape index (κ1) is 16.1. The number of carbonyl (C=O) groups excluding carboxylic acids is 2. The number of aryl methyl sites for hydroxylation is 1. The van der Waals surface area contributed by atoms with Crippen molar-refractivity contribution in [2.75, 3.05) is 0 Å². The highest BCUT2D eigenvalue weighted by atomic mass is 16.5. The second kappa shape index (κ2) is 6.68. The molecule has 1 atom stereocenters. The lowest BCUT2D eigenvalue weighted by atomic mass is 10.1. The molecule has 0 unspecified atom stereocenters. The lowest BCUT2D eigenvalue weighted by Crippen LogP contribution is -2.40. The highest BCUT2D eigenvalue weighted by Gasteiger charge is 2.25. The normalized spacial score (nSPS) is 16.3. The zero-order valence-corrected chi connectivity index (χ0v) is 12.8. The van der Waals surface area contributed by atoms with Crippen LogP contribution in [0, 0.1) is 6.92 Å². The SMILES string of the molecule is Cc1ccc(C(=O)O[C@H](C)C(=O)NC2CCCC2)c(O)c1O. The van der Waals surface area contributed by atoms with Gasteiger partial charge in [0.2, 0.25) is 0 Å². The third-order valence-corrected chi connectivity index (χ3v) is 3.93. The van der Waals surface area contributed by atoms with Gasteiger partial charge in [0, 0.05) is 6.04 Å². The topological polar surface area (TPSA) is 95.9 Å². The number of benzene rings is 1. The van der Waals surface area contributed by atoms with E-state index in [1.807, 2.05) is 0 Å². The first-order valence-electron chi connectivity index (χ1n) is 7.43. The molecular weight excluding hydrogens is 286 g/mol. The van der Waals surface area contributed by atoms with E-state index < -0.39 is 17.8 Å². The summed E-state index contributed by atoms with van der Waals surface area (Å²) in [6.07, 6.45) is 3.11. The molecule has 0 aromatic heterocycles. The molecule has 1 saturated carbocycles.